The van der Waals surface area contributed by atoms with E-state index >= 15 is 0 Å². The molecule has 0 aliphatic heterocycles. The van der Waals surface area contributed by atoms with Gasteiger partial charge in [0.2, 0.25) is 21.0 Å². The number of unbranched alkanes of at least 4 members (excludes halogenated alkanes) is 24. The third-order valence-corrected chi connectivity index (χ3v) is 10.3. The van der Waals surface area contributed by atoms with Crippen molar-refractivity contribution in [1.29, 1.82) is 0 Å². The summed E-state index contributed by atoms with van der Waals surface area (Å²) in [6.07, 6.45) is 38.5. The zero-order valence-corrected chi connectivity index (χ0v) is 34.7. The molecule has 0 aromatic carbocycles. The van der Waals surface area contributed by atoms with Gasteiger partial charge in [-0.25, -0.2) is 0 Å². The highest BCUT2D eigenvalue weighted by molar-refractivity contribution is 6.64. The van der Waals surface area contributed by atoms with Crippen molar-refractivity contribution in [3.05, 3.63) is 0 Å². The molecule has 0 aromatic rings. The lowest BCUT2D eigenvalue weighted by Crippen LogP contribution is -2.03. The fraction of sp³-hybridized carbons (Fsp3) is 0.902. The lowest BCUT2D eigenvalue weighted by Gasteiger charge is -2.11. The highest BCUT2D eigenvalue weighted by Gasteiger charge is 2.10. The van der Waals surface area contributed by atoms with Crippen LogP contribution in [0.15, 0.2) is 0 Å². The molecule has 0 aliphatic carbocycles. The van der Waals surface area contributed by atoms with Gasteiger partial charge in [0, 0.05) is 25.7 Å². The van der Waals surface area contributed by atoms with E-state index in [1.807, 2.05) is 0 Å². The molecule has 0 radical (unpaired) electrons. The molecule has 0 spiro atoms. The lowest BCUT2D eigenvalue weighted by molar-refractivity contribution is -0.113. The van der Waals surface area contributed by atoms with Crippen LogP contribution in [0.1, 0.15) is 226 Å². The van der Waals surface area contributed by atoms with Crippen molar-refractivity contribution in [3.8, 4) is 0 Å². The molecule has 0 saturated carbocycles. The van der Waals surface area contributed by atoms with Crippen molar-refractivity contribution in [2.45, 2.75) is 226 Å². The maximum Gasteiger partial charge on any atom is 0.221 e. The highest BCUT2D eigenvalue weighted by atomic mass is 35.5. The molecule has 0 bridgehead atoms. The number of hydrogen-bond donors (Lipinski definition) is 0. The van der Waals surface area contributed by atoms with Gasteiger partial charge in [0.1, 0.15) is 0 Å². The summed E-state index contributed by atoms with van der Waals surface area (Å²) in [6.45, 7) is 4.25. The average Bonchev–Trinajstić information content (AvgIpc) is 3.03. The van der Waals surface area contributed by atoms with Crippen LogP contribution in [-0.2, 0) is 19.2 Å². The molecule has 0 heterocycles. The molecule has 2 atom stereocenters. The predicted octanol–water partition coefficient (Wildman–Crippen LogP) is 15.2. The quantitative estimate of drug-likeness (QED) is 0.0466. The first-order valence-corrected chi connectivity index (χ1v) is 21.8. The summed E-state index contributed by atoms with van der Waals surface area (Å²) in [4.78, 5) is 42.9. The summed E-state index contributed by atoms with van der Waals surface area (Å²) >= 11 is 21.5. The van der Waals surface area contributed by atoms with Crippen LogP contribution in [0.3, 0.4) is 0 Å². The maximum absolute atomic E-state index is 10.9. The summed E-state index contributed by atoms with van der Waals surface area (Å²) in [5.74, 6) is 0.922. The summed E-state index contributed by atoms with van der Waals surface area (Å²) in [6, 6.07) is 0. The van der Waals surface area contributed by atoms with Crippen LogP contribution in [0.5, 0.6) is 0 Å². The van der Waals surface area contributed by atoms with Crippen LogP contribution in [0.2, 0.25) is 0 Å². The Balaban J connectivity index is 0. The Bertz CT molecular complexity index is 777. The van der Waals surface area contributed by atoms with Gasteiger partial charge in [-0.1, -0.05) is 181 Å². The molecule has 0 amide bonds. The molecule has 0 rings (SSSR count). The number of hydrogen-bond acceptors (Lipinski definition) is 4. The summed E-state index contributed by atoms with van der Waals surface area (Å²) in [5.41, 5.74) is 0. The van der Waals surface area contributed by atoms with Gasteiger partial charge in [0.25, 0.3) is 0 Å². The Morgan fingerprint density at radius 3 is 0.898 bits per heavy atom. The van der Waals surface area contributed by atoms with Crippen molar-refractivity contribution < 1.29 is 19.2 Å². The van der Waals surface area contributed by atoms with Gasteiger partial charge in [0.15, 0.2) is 0 Å². The first-order valence-electron chi connectivity index (χ1n) is 20.3. The fourth-order valence-electron chi connectivity index (χ4n) is 6.40. The fourth-order valence-corrected chi connectivity index (χ4v) is 7.15. The van der Waals surface area contributed by atoms with E-state index in [1.165, 1.54) is 141 Å². The van der Waals surface area contributed by atoms with Gasteiger partial charge in [0.05, 0.1) is 0 Å². The minimum Gasteiger partial charge on any atom is -0.281 e. The van der Waals surface area contributed by atoms with Crippen LogP contribution in [0.25, 0.3) is 0 Å². The van der Waals surface area contributed by atoms with E-state index in [0.29, 0.717) is 37.5 Å². The average molecular weight is 773 g/mol. The van der Waals surface area contributed by atoms with E-state index in [0.717, 1.165) is 44.9 Å². The van der Waals surface area contributed by atoms with Crippen LogP contribution in [-0.4, -0.2) is 21.0 Å². The highest BCUT2D eigenvalue weighted by Crippen LogP contribution is 2.20. The number of rotatable bonds is 37. The van der Waals surface area contributed by atoms with E-state index in [9.17, 15) is 19.2 Å². The Labute approximate surface area is 322 Å². The standard InChI is InChI=1S/C21H38Cl2O2.C20H36Cl2O2/c1-2-19(18-21(23)25)16-14-12-10-8-6-4-3-5-7-9-11-13-15-17-20(22)24;1-18(17-20(22)24)15-13-11-9-7-5-3-2-4-6-8-10-12-14-16-19(21)23/h19H,2-18H2,1H3;18H,2-17H2,1H3. The van der Waals surface area contributed by atoms with Gasteiger partial charge >= 0.3 is 0 Å². The van der Waals surface area contributed by atoms with E-state index in [2.05, 4.69) is 13.8 Å². The number of carbonyl (C=O) groups excluding carboxylic acids is 4. The molecule has 0 N–H and O–H groups in total. The van der Waals surface area contributed by atoms with Gasteiger partial charge in [-0.3, -0.25) is 19.2 Å². The third-order valence-electron chi connectivity index (χ3n) is 9.59. The van der Waals surface area contributed by atoms with E-state index in [1.54, 1.807) is 0 Å². The van der Waals surface area contributed by atoms with Gasteiger partial charge < -0.3 is 0 Å². The van der Waals surface area contributed by atoms with Crippen molar-refractivity contribution in [2.24, 2.45) is 11.8 Å². The smallest absolute Gasteiger partial charge is 0.221 e. The normalized spacial score (nSPS) is 12.3. The van der Waals surface area contributed by atoms with Crippen molar-refractivity contribution in [1.82, 2.24) is 0 Å². The molecule has 0 fully saturated rings. The Morgan fingerprint density at radius 2 is 0.633 bits per heavy atom. The predicted molar refractivity (Wildman–Crippen MR) is 214 cm³/mol. The summed E-state index contributed by atoms with van der Waals surface area (Å²) < 4.78 is 0. The Hall–Kier alpha value is -0.160. The van der Waals surface area contributed by atoms with Crippen LogP contribution < -0.4 is 0 Å². The van der Waals surface area contributed by atoms with Crippen LogP contribution in [0, 0.1) is 11.8 Å². The Morgan fingerprint density at radius 1 is 0.367 bits per heavy atom. The van der Waals surface area contributed by atoms with Crippen LogP contribution in [0.4, 0.5) is 0 Å². The maximum atomic E-state index is 10.9. The SMILES string of the molecule is CC(CCCCCCCCCCCCCCCC(=O)Cl)CC(=O)Cl.CCC(CCCCCCCCCCCCCCCC(=O)Cl)CC(=O)Cl. The number of carbonyl (C=O) groups is 4. The summed E-state index contributed by atoms with van der Waals surface area (Å²) in [7, 11) is 0. The second-order valence-corrected chi connectivity index (χ2v) is 16.2. The molecule has 0 aliphatic rings. The molecule has 0 saturated heterocycles. The van der Waals surface area contributed by atoms with E-state index in [4.69, 9.17) is 46.4 Å². The topological polar surface area (TPSA) is 68.3 Å². The lowest BCUT2D eigenvalue weighted by atomic mass is 9.95. The first kappa shape index (κ1) is 50.9. The second-order valence-electron chi connectivity index (χ2n) is 14.5. The minimum atomic E-state index is -0.201. The largest absolute Gasteiger partial charge is 0.281 e. The van der Waals surface area contributed by atoms with Crippen molar-refractivity contribution in [3.63, 3.8) is 0 Å². The Kier molecular flexibility index (Phi) is 42.2. The van der Waals surface area contributed by atoms with E-state index in [-0.39, 0.29) is 21.0 Å². The molecule has 2 unspecified atom stereocenters. The molecular weight excluding hydrogens is 698 g/mol. The van der Waals surface area contributed by atoms with E-state index < -0.39 is 0 Å². The number of halogens is 4. The zero-order chi connectivity index (χ0) is 36.8. The minimum absolute atomic E-state index is 0.183. The monoisotopic (exact) mass is 770 g/mol. The molecule has 49 heavy (non-hydrogen) atoms. The van der Waals surface area contributed by atoms with Crippen molar-refractivity contribution in [2.75, 3.05) is 0 Å². The zero-order valence-electron chi connectivity index (χ0n) is 31.6. The third kappa shape index (κ3) is 47.8. The summed E-state index contributed by atoms with van der Waals surface area (Å²) in [5, 5.41) is -0.782. The first-order chi connectivity index (χ1) is 23.6. The van der Waals surface area contributed by atoms with Gasteiger partial charge in [-0.2, -0.15) is 0 Å². The van der Waals surface area contributed by atoms with Crippen LogP contribution >= 0.6 is 46.4 Å². The molecular formula is C41H74Cl4O4. The molecule has 290 valence electrons. The van der Waals surface area contributed by atoms with Gasteiger partial charge in [-0.05, 0) is 77.5 Å². The molecule has 4 nitrogen and oxygen atoms in total. The molecule has 0 aromatic heterocycles. The molecule has 8 heteroatoms. The van der Waals surface area contributed by atoms with Crippen molar-refractivity contribution >= 4 is 67.4 Å². The second kappa shape index (κ2) is 40.6. The van der Waals surface area contributed by atoms with Gasteiger partial charge in [-0.15, -0.1) is 0 Å².